The van der Waals surface area contributed by atoms with Crippen LogP contribution in [0.5, 0.6) is 0 Å². The van der Waals surface area contributed by atoms with E-state index in [0.717, 1.165) is 0 Å². The summed E-state index contributed by atoms with van der Waals surface area (Å²) in [6.07, 6.45) is -3.78. The lowest BCUT2D eigenvalue weighted by atomic mass is 10.3. The van der Waals surface area contributed by atoms with E-state index in [1.54, 1.807) is 0 Å². The molecular formula is C8H5Cl3F4N2. The number of nitrogens with zero attached hydrogens (tertiary/aromatic N) is 1. The van der Waals surface area contributed by atoms with Crippen LogP contribution in [0.2, 0.25) is 15.2 Å². The van der Waals surface area contributed by atoms with Crippen molar-refractivity contribution >= 4 is 40.6 Å². The average Bonchev–Trinajstić information content (AvgIpc) is 2.21. The first-order chi connectivity index (χ1) is 7.74. The highest BCUT2D eigenvalue weighted by molar-refractivity contribution is 6.42. The number of alkyl halides is 4. The SMILES string of the molecule is FC(F)C(F)(F)CNc1nc(Cl)c(Cl)cc1Cl. The van der Waals surface area contributed by atoms with Crippen molar-refractivity contribution in [1.29, 1.82) is 0 Å². The van der Waals surface area contributed by atoms with E-state index in [1.165, 1.54) is 6.07 Å². The Bertz CT molecular complexity index is 414. The van der Waals surface area contributed by atoms with Gasteiger partial charge in [-0.25, -0.2) is 13.8 Å². The fourth-order valence-corrected chi connectivity index (χ4v) is 1.41. The topological polar surface area (TPSA) is 24.9 Å². The summed E-state index contributed by atoms with van der Waals surface area (Å²) < 4.78 is 48.9. The molecule has 1 aromatic rings. The largest absolute Gasteiger partial charge is 0.362 e. The zero-order chi connectivity index (χ0) is 13.2. The zero-order valence-corrected chi connectivity index (χ0v) is 10.2. The van der Waals surface area contributed by atoms with Gasteiger partial charge in [0.2, 0.25) is 0 Å². The third-order valence-corrected chi connectivity index (χ3v) is 2.66. The summed E-state index contributed by atoms with van der Waals surface area (Å²) in [5, 5.41) is 1.76. The number of rotatable bonds is 4. The van der Waals surface area contributed by atoms with Crippen LogP contribution in [0.4, 0.5) is 23.4 Å². The molecule has 0 amide bonds. The highest BCUT2D eigenvalue weighted by atomic mass is 35.5. The second-order valence-electron chi connectivity index (χ2n) is 3.01. The zero-order valence-electron chi connectivity index (χ0n) is 7.95. The Kier molecular flexibility index (Phi) is 4.69. The van der Waals surface area contributed by atoms with Gasteiger partial charge in [-0.2, -0.15) is 8.78 Å². The van der Waals surface area contributed by atoms with Crippen molar-refractivity contribution in [1.82, 2.24) is 4.98 Å². The van der Waals surface area contributed by atoms with Crippen LogP contribution >= 0.6 is 34.8 Å². The van der Waals surface area contributed by atoms with Gasteiger partial charge in [0.25, 0.3) is 0 Å². The van der Waals surface area contributed by atoms with Crippen LogP contribution in [0.1, 0.15) is 0 Å². The van der Waals surface area contributed by atoms with E-state index in [0.29, 0.717) is 0 Å². The first-order valence-corrected chi connectivity index (χ1v) is 5.29. The Labute approximate surface area is 109 Å². The van der Waals surface area contributed by atoms with E-state index in [1.807, 2.05) is 5.32 Å². The van der Waals surface area contributed by atoms with Gasteiger partial charge in [0.05, 0.1) is 16.6 Å². The normalized spacial score (nSPS) is 12.0. The predicted octanol–water partition coefficient (Wildman–Crippen LogP) is 4.35. The molecule has 0 saturated heterocycles. The van der Waals surface area contributed by atoms with Crippen molar-refractivity contribution in [2.75, 3.05) is 11.9 Å². The molecule has 0 bridgehead atoms. The van der Waals surface area contributed by atoms with Crippen molar-refractivity contribution in [3.05, 3.63) is 21.3 Å². The van der Waals surface area contributed by atoms with E-state index >= 15 is 0 Å². The summed E-state index contributed by atoms with van der Waals surface area (Å²) in [7, 11) is 0. The minimum atomic E-state index is -4.18. The number of halogens is 7. The molecule has 0 aliphatic carbocycles. The van der Waals surface area contributed by atoms with Gasteiger partial charge in [0, 0.05) is 0 Å². The summed E-state index contributed by atoms with van der Waals surface area (Å²) in [5.41, 5.74) is 0. The standard InChI is InChI=1S/C8H5Cl3F4N2/c9-3-1-4(10)6(17-5(3)11)16-2-8(14,15)7(12)13/h1,7H,2H2,(H,16,17). The van der Waals surface area contributed by atoms with Gasteiger partial charge in [-0.15, -0.1) is 0 Å². The second-order valence-corrected chi connectivity index (χ2v) is 4.18. The first kappa shape index (κ1) is 14.6. The Hall–Kier alpha value is -0.460. The molecule has 1 heterocycles. The number of aromatic nitrogens is 1. The molecule has 1 N–H and O–H groups in total. The fraction of sp³-hybridized carbons (Fsp3) is 0.375. The van der Waals surface area contributed by atoms with Crippen molar-refractivity contribution in [2.24, 2.45) is 0 Å². The van der Waals surface area contributed by atoms with Crippen LogP contribution in [-0.2, 0) is 0 Å². The smallest absolute Gasteiger partial charge is 0.324 e. The maximum absolute atomic E-state index is 12.6. The van der Waals surface area contributed by atoms with E-state index in [4.69, 9.17) is 34.8 Å². The van der Waals surface area contributed by atoms with Gasteiger partial charge >= 0.3 is 12.3 Å². The van der Waals surface area contributed by atoms with Crippen LogP contribution in [0.3, 0.4) is 0 Å². The molecule has 0 spiro atoms. The Morgan fingerprint density at radius 2 is 1.82 bits per heavy atom. The van der Waals surface area contributed by atoms with Crippen LogP contribution < -0.4 is 5.32 Å². The maximum atomic E-state index is 12.6. The lowest BCUT2D eigenvalue weighted by Crippen LogP contribution is -2.35. The highest BCUT2D eigenvalue weighted by Gasteiger charge is 2.40. The molecule has 1 aromatic heterocycles. The molecule has 0 aliphatic heterocycles. The molecule has 0 unspecified atom stereocenters. The van der Waals surface area contributed by atoms with Crippen molar-refractivity contribution < 1.29 is 17.6 Å². The summed E-state index contributed by atoms with van der Waals surface area (Å²) in [5.74, 6) is -4.42. The highest BCUT2D eigenvalue weighted by Crippen LogP contribution is 2.30. The molecule has 9 heteroatoms. The van der Waals surface area contributed by atoms with Gasteiger partial charge in [-0.1, -0.05) is 34.8 Å². The molecule has 0 aliphatic rings. The van der Waals surface area contributed by atoms with E-state index in [9.17, 15) is 17.6 Å². The van der Waals surface area contributed by atoms with Crippen LogP contribution in [0.15, 0.2) is 6.07 Å². The monoisotopic (exact) mass is 310 g/mol. The quantitative estimate of drug-likeness (QED) is 0.660. The van der Waals surface area contributed by atoms with Gasteiger partial charge < -0.3 is 5.32 Å². The molecule has 0 fully saturated rings. The average molecular weight is 311 g/mol. The lowest BCUT2D eigenvalue weighted by molar-refractivity contribution is -0.117. The number of anilines is 1. The minimum absolute atomic E-state index is 0.0304. The van der Waals surface area contributed by atoms with Crippen LogP contribution in [-0.4, -0.2) is 23.9 Å². The van der Waals surface area contributed by atoms with E-state index in [2.05, 4.69) is 4.98 Å². The molecule has 0 saturated carbocycles. The number of hydrogen-bond donors (Lipinski definition) is 1. The third kappa shape index (κ3) is 3.76. The molecule has 0 atom stereocenters. The maximum Gasteiger partial charge on any atom is 0.324 e. The molecule has 96 valence electrons. The number of nitrogens with one attached hydrogen (secondary N) is 1. The van der Waals surface area contributed by atoms with E-state index in [-0.39, 0.29) is 21.0 Å². The van der Waals surface area contributed by atoms with Crippen molar-refractivity contribution in [2.45, 2.75) is 12.3 Å². The number of hydrogen-bond acceptors (Lipinski definition) is 2. The molecule has 17 heavy (non-hydrogen) atoms. The van der Waals surface area contributed by atoms with Crippen LogP contribution in [0.25, 0.3) is 0 Å². The summed E-state index contributed by atoms with van der Waals surface area (Å²) in [6.45, 7) is -1.31. The molecular weight excluding hydrogens is 306 g/mol. The fourth-order valence-electron chi connectivity index (χ4n) is 0.847. The Morgan fingerprint density at radius 1 is 1.24 bits per heavy atom. The minimum Gasteiger partial charge on any atom is -0.362 e. The summed E-state index contributed by atoms with van der Waals surface area (Å²) >= 11 is 16.7. The van der Waals surface area contributed by atoms with Crippen LogP contribution in [0, 0.1) is 0 Å². The van der Waals surface area contributed by atoms with Crippen molar-refractivity contribution in [3.8, 4) is 0 Å². The summed E-state index contributed by atoms with van der Waals surface area (Å²) in [6, 6.07) is 1.17. The molecule has 0 aromatic carbocycles. The van der Waals surface area contributed by atoms with E-state index < -0.39 is 18.9 Å². The van der Waals surface area contributed by atoms with Gasteiger partial charge in [-0.05, 0) is 6.07 Å². The lowest BCUT2D eigenvalue weighted by Gasteiger charge is -2.16. The van der Waals surface area contributed by atoms with Gasteiger partial charge in [0.15, 0.2) is 0 Å². The van der Waals surface area contributed by atoms with Gasteiger partial charge in [0.1, 0.15) is 11.0 Å². The Morgan fingerprint density at radius 3 is 2.35 bits per heavy atom. The third-order valence-electron chi connectivity index (χ3n) is 1.70. The first-order valence-electron chi connectivity index (χ1n) is 4.15. The van der Waals surface area contributed by atoms with Crippen molar-refractivity contribution in [3.63, 3.8) is 0 Å². The Balaban J connectivity index is 2.80. The molecule has 1 rings (SSSR count). The second kappa shape index (κ2) is 5.46. The molecule has 0 radical (unpaired) electrons. The number of pyridine rings is 1. The molecule has 2 nitrogen and oxygen atoms in total. The predicted molar refractivity (Wildman–Crippen MR) is 58.7 cm³/mol. The summed E-state index contributed by atoms with van der Waals surface area (Å²) in [4.78, 5) is 3.55. The van der Waals surface area contributed by atoms with Gasteiger partial charge in [-0.3, -0.25) is 0 Å².